The van der Waals surface area contributed by atoms with E-state index in [-0.39, 0.29) is 37.9 Å². The Kier molecular flexibility index (Phi) is 9.18. The van der Waals surface area contributed by atoms with Crippen LogP contribution in [0.4, 0.5) is 8.78 Å². The number of amides is 1. The van der Waals surface area contributed by atoms with Crippen LogP contribution in [0.3, 0.4) is 0 Å². The van der Waals surface area contributed by atoms with Gasteiger partial charge in [0.1, 0.15) is 11.6 Å². The van der Waals surface area contributed by atoms with E-state index in [1.54, 1.807) is 6.92 Å². The van der Waals surface area contributed by atoms with E-state index in [2.05, 4.69) is 10.6 Å². The molecule has 0 aliphatic rings. The number of hydrogen-bond acceptors (Lipinski definition) is 4. The van der Waals surface area contributed by atoms with Crippen molar-refractivity contribution in [1.29, 1.82) is 0 Å². The third-order valence-corrected chi connectivity index (χ3v) is 4.62. The minimum atomic E-state index is -1.00. The first-order chi connectivity index (χ1) is 13.9. The third-order valence-electron chi connectivity index (χ3n) is 4.62. The Morgan fingerprint density at radius 3 is 2.34 bits per heavy atom. The van der Waals surface area contributed by atoms with E-state index in [1.165, 1.54) is 12.1 Å². The van der Waals surface area contributed by atoms with Crippen molar-refractivity contribution in [3.63, 3.8) is 0 Å². The lowest BCUT2D eigenvalue weighted by Gasteiger charge is -2.26. The first-order valence-corrected chi connectivity index (χ1v) is 9.68. The molecule has 3 atom stereocenters. The number of aliphatic hydroxyl groups excluding tert-OH is 2. The van der Waals surface area contributed by atoms with Gasteiger partial charge in [-0.3, -0.25) is 4.79 Å². The maximum atomic E-state index is 13.5. The average Bonchev–Trinajstić information content (AvgIpc) is 2.69. The molecule has 0 heterocycles. The highest BCUT2D eigenvalue weighted by molar-refractivity contribution is 5.76. The van der Waals surface area contributed by atoms with Crippen LogP contribution in [-0.4, -0.2) is 47.5 Å². The van der Waals surface area contributed by atoms with Crippen LogP contribution in [0.15, 0.2) is 48.5 Å². The van der Waals surface area contributed by atoms with Gasteiger partial charge in [-0.15, -0.1) is 0 Å². The monoisotopic (exact) mass is 406 g/mol. The number of carbonyl (C=O) groups is 1. The van der Waals surface area contributed by atoms with Crippen molar-refractivity contribution < 1.29 is 23.8 Å². The van der Waals surface area contributed by atoms with Crippen LogP contribution >= 0.6 is 0 Å². The summed E-state index contributed by atoms with van der Waals surface area (Å²) < 4.78 is 27.0. The summed E-state index contributed by atoms with van der Waals surface area (Å²) in [6, 6.07) is 11.7. The minimum Gasteiger partial charge on any atom is -0.395 e. The quantitative estimate of drug-likeness (QED) is 0.460. The summed E-state index contributed by atoms with van der Waals surface area (Å²) in [5.74, 6) is -1.68. The molecule has 0 fully saturated rings. The van der Waals surface area contributed by atoms with E-state index in [9.17, 15) is 18.7 Å². The van der Waals surface area contributed by atoms with Crippen molar-refractivity contribution in [2.75, 3.05) is 13.2 Å². The lowest BCUT2D eigenvalue weighted by Crippen LogP contribution is -2.50. The van der Waals surface area contributed by atoms with Gasteiger partial charge < -0.3 is 20.8 Å². The normalized spacial score (nSPS) is 14.2. The number of aryl methyl sites for hydroxylation is 1. The molecule has 0 saturated carbocycles. The van der Waals surface area contributed by atoms with Crippen molar-refractivity contribution >= 4 is 5.91 Å². The Morgan fingerprint density at radius 2 is 1.72 bits per heavy atom. The number of carbonyl (C=O) groups excluding carboxylic acids is 1. The second-order valence-corrected chi connectivity index (χ2v) is 7.20. The molecule has 0 aliphatic heterocycles. The van der Waals surface area contributed by atoms with Crippen molar-refractivity contribution in [2.45, 2.75) is 44.4 Å². The Labute approximate surface area is 169 Å². The fourth-order valence-electron chi connectivity index (χ4n) is 2.98. The smallest absolute Gasteiger partial charge is 0.220 e. The topological polar surface area (TPSA) is 81.6 Å². The largest absolute Gasteiger partial charge is 0.395 e. The zero-order chi connectivity index (χ0) is 21.2. The Morgan fingerprint density at radius 1 is 1.07 bits per heavy atom. The van der Waals surface area contributed by atoms with Crippen LogP contribution < -0.4 is 10.6 Å². The van der Waals surface area contributed by atoms with Crippen LogP contribution in [0.25, 0.3) is 0 Å². The second kappa shape index (κ2) is 11.6. The van der Waals surface area contributed by atoms with Gasteiger partial charge in [-0.25, -0.2) is 8.78 Å². The Hall–Kier alpha value is -2.35. The molecule has 0 spiro atoms. The second-order valence-electron chi connectivity index (χ2n) is 7.20. The van der Waals surface area contributed by atoms with E-state index in [0.717, 1.165) is 11.6 Å². The van der Waals surface area contributed by atoms with Gasteiger partial charge >= 0.3 is 0 Å². The highest BCUT2D eigenvalue weighted by Crippen LogP contribution is 2.12. The lowest BCUT2D eigenvalue weighted by atomic mass is 10.00. The number of halogens is 2. The van der Waals surface area contributed by atoms with Crippen molar-refractivity contribution in [3.05, 3.63) is 71.3 Å². The molecule has 0 radical (unpaired) electrons. The summed E-state index contributed by atoms with van der Waals surface area (Å²) >= 11 is 0. The molecule has 1 amide bonds. The molecule has 4 N–H and O–H groups in total. The van der Waals surface area contributed by atoms with Gasteiger partial charge in [0.15, 0.2) is 0 Å². The van der Waals surface area contributed by atoms with E-state index in [4.69, 9.17) is 5.11 Å². The molecule has 0 bridgehead atoms. The number of nitrogens with one attached hydrogen (secondary N) is 2. The molecule has 0 aliphatic carbocycles. The van der Waals surface area contributed by atoms with Gasteiger partial charge in [0, 0.05) is 25.1 Å². The summed E-state index contributed by atoms with van der Waals surface area (Å²) in [7, 11) is 0. The summed E-state index contributed by atoms with van der Waals surface area (Å²) in [6.07, 6.45) is -0.159. The van der Waals surface area contributed by atoms with Crippen LogP contribution in [-0.2, 0) is 17.6 Å². The van der Waals surface area contributed by atoms with Gasteiger partial charge in [-0.1, -0.05) is 30.3 Å². The lowest BCUT2D eigenvalue weighted by molar-refractivity contribution is -0.122. The zero-order valence-corrected chi connectivity index (χ0v) is 16.4. The van der Waals surface area contributed by atoms with E-state index in [0.29, 0.717) is 12.0 Å². The minimum absolute atomic E-state index is 0.0715. The molecule has 2 rings (SSSR count). The fourth-order valence-corrected chi connectivity index (χ4v) is 2.98. The maximum Gasteiger partial charge on any atom is 0.220 e. The van der Waals surface area contributed by atoms with Crippen molar-refractivity contribution in [1.82, 2.24) is 10.6 Å². The number of benzene rings is 2. The molecule has 2 aromatic carbocycles. The number of rotatable bonds is 11. The van der Waals surface area contributed by atoms with Crippen LogP contribution in [0.1, 0.15) is 24.5 Å². The highest BCUT2D eigenvalue weighted by atomic mass is 19.1. The SMILES string of the molecule is CC(CO)NC[C@@H](O)[C@H](Cc1cc(F)cc(F)c1)NC(=O)CCc1ccccc1. The summed E-state index contributed by atoms with van der Waals surface area (Å²) in [5.41, 5.74) is 1.36. The molecule has 7 heteroatoms. The van der Waals surface area contributed by atoms with E-state index < -0.39 is 23.8 Å². The Balaban J connectivity index is 2.02. The predicted octanol–water partition coefficient (Wildman–Crippen LogP) is 1.96. The number of hydrogen-bond donors (Lipinski definition) is 4. The third kappa shape index (κ3) is 8.27. The number of aliphatic hydroxyl groups is 2. The van der Waals surface area contributed by atoms with E-state index in [1.807, 2.05) is 30.3 Å². The zero-order valence-electron chi connectivity index (χ0n) is 16.4. The Bertz CT molecular complexity index is 754. The van der Waals surface area contributed by atoms with E-state index >= 15 is 0 Å². The summed E-state index contributed by atoms with van der Waals surface area (Å²) in [4.78, 5) is 12.4. The summed E-state index contributed by atoms with van der Waals surface area (Å²) in [5, 5.41) is 25.4. The molecule has 2 aromatic rings. The molecule has 0 saturated heterocycles. The predicted molar refractivity (Wildman–Crippen MR) is 107 cm³/mol. The molecular formula is C22H28F2N2O3. The van der Waals surface area contributed by atoms with Crippen molar-refractivity contribution in [2.24, 2.45) is 0 Å². The van der Waals surface area contributed by atoms with Gasteiger partial charge in [-0.2, -0.15) is 0 Å². The van der Waals surface area contributed by atoms with Crippen LogP contribution in [0.5, 0.6) is 0 Å². The molecule has 158 valence electrons. The van der Waals surface area contributed by atoms with Gasteiger partial charge in [-0.05, 0) is 43.0 Å². The fraction of sp³-hybridized carbons (Fsp3) is 0.409. The van der Waals surface area contributed by atoms with Gasteiger partial charge in [0.2, 0.25) is 5.91 Å². The van der Waals surface area contributed by atoms with Crippen molar-refractivity contribution in [3.8, 4) is 0 Å². The highest BCUT2D eigenvalue weighted by Gasteiger charge is 2.22. The van der Waals surface area contributed by atoms with Gasteiger partial charge in [0.25, 0.3) is 0 Å². The molecular weight excluding hydrogens is 378 g/mol. The van der Waals surface area contributed by atoms with Gasteiger partial charge in [0.05, 0.1) is 18.8 Å². The molecule has 29 heavy (non-hydrogen) atoms. The van der Waals surface area contributed by atoms with Crippen LogP contribution in [0, 0.1) is 11.6 Å². The first-order valence-electron chi connectivity index (χ1n) is 9.68. The summed E-state index contributed by atoms with van der Waals surface area (Å²) in [6.45, 7) is 1.77. The average molecular weight is 406 g/mol. The van der Waals surface area contributed by atoms with Crippen LogP contribution in [0.2, 0.25) is 0 Å². The molecule has 1 unspecified atom stereocenters. The maximum absolute atomic E-state index is 13.5. The first kappa shape index (κ1) is 22.9. The standard InChI is InChI=1S/C22H28F2N2O3/c1-15(14-27)25-13-21(28)20(11-17-9-18(23)12-19(24)10-17)26-22(29)8-7-16-5-3-2-4-6-16/h2-6,9-10,12,15,20-21,25,27-28H,7-8,11,13-14H2,1H3,(H,26,29)/t15?,20-,21+/m0/s1. The molecule has 5 nitrogen and oxygen atoms in total. The molecule has 0 aromatic heterocycles.